The van der Waals surface area contributed by atoms with Crippen molar-refractivity contribution in [1.82, 2.24) is 5.32 Å². The summed E-state index contributed by atoms with van der Waals surface area (Å²) >= 11 is 37.6. The molecule has 0 aliphatic carbocycles. The highest BCUT2D eigenvalue weighted by Gasteiger charge is 2.35. The van der Waals surface area contributed by atoms with E-state index < -0.39 is 0 Å². The second kappa shape index (κ2) is 8.55. The number of halogens is 6. The summed E-state index contributed by atoms with van der Waals surface area (Å²) in [4.78, 5) is 4.89. The van der Waals surface area contributed by atoms with Crippen LogP contribution in [0, 0.1) is 0 Å². The molecule has 148 valence electrons. The van der Waals surface area contributed by atoms with Gasteiger partial charge in [0.2, 0.25) is 0 Å². The van der Waals surface area contributed by atoms with Gasteiger partial charge >= 0.3 is 0 Å². The van der Waals surface area contributed by atoms with Crippen LogP contribution in [-0.2, 0) is 0 Å². The number of nitrogens with one attached hydrogen (secondary N) is 1. The highest BCUT2D eigenvalue weighted by molar-refractivity contribution is 6.37. The van der Waals surface area contributed by atoms with E-state index in [4.69, 9.17) is 74.6 Å². The molecule has 0 aromatic heterocycles. The van der Waals surface area contributed by atoms with Gasteiger partial charge in [0.1, 0.15) is 11.9 Å². The Kier molecular flexibility index (Phi) is 6.22. The molecule has 0 fully saturated rings. The van der Waals surface area contributed by atoms with Crippen LogP contribution in [0.15, 0.2) is 59.6 Å². The average Bonchev–Trinajstić information content (AvgIpc) is 3.06. The molecule has 29 heavy (non-hydrogen) atoms. The van der Waals surface area contributed by atoms with Crippen molar-refractivity contribution < 1.29 is 0 Å². The Morgan fingerprint density at radius 1 is 0.621 bits per heavy atom. The first-order chi connectivity index (χ1) is 13.8. The highest BCUT2D eigenvalue weighted by Crippen LogP contribution is 2.43. The number of amidine groups is 1. The van der Waals surface area contributed by atoms with Gasteiger partial charge in [0.05, 0.1) is 11.1 Å². The van der Waals surface area contributed by atoms with Gasteiger partial charge in [0, 0.05) is 30.7 Å². The van der Waals surface area contributed by atoms with E-state index >= 15 is 0 Å². The van der Waals surface area contributed by atoms with Gasteiger partial charge in [-0.2, -0.15) is 0 Å². The van der Waals surface area contributed by atoms with E-state index in [1.54, 1.807) is 36.4 Å². The van der Waals surface area contributed by atoms with Crippen molar-refractivity contribution in [3.05, 3.63) is 101 Å². The maximum absolute atomic E-state index is 6.50. The van der Waals surface area contributed by atoms with E-state index in [-0.39, 0.29) is 12.1 Å². The third-order valence-corrected chi connectivity index (χ3v) is 6.31. The fourth-order valence-corrected chi connectivity index (χ4v) is 4.84. The highest BCUT2D eigenvalue weighted by atomic mass is 35.5. The monoisotopic (exact) mass is 502 g/mol. The van der Waals surface area contributed by atoms with Crippen LogP contribution in [-0.4, -0.2) is 5.84 Å². The number of rotatable bonds is 3. The van der Waals surface area contributed by atoms with Crippen LogP contribution in [0.4, 0.5) is 0 Å². The number of aliphatic imine (C=N–C) groups is 1. The van der Waals surface area contributed by atoms with Crippen LogP contribution < -0.4 is 5.32 Å². The van der Waals surface area contributed by atoms with Gasteiger partial charge in [0.15, 0.2) is 0 Å². The quantitative estimate of drug-likeness (QED) is 0.380. The standard InChI is InChI=1S/C21H12Cl6N2/c22-10-1-4-13(16(25)7-10)19-20(14-5-2-11(23)8-17(14)26)29-21(28-19)15-6-3-12(24)9-18(15)27/h1-9,19-20H,(H,28,29)/t19-,20+. The first kappa shape index (κ1) is 21.1. The number of benzene rings is 3. The van der Waals surface area contributed by atoms with E-state index in [0.717, 1.165) is 16.7 Å². The lowest BCUT2D eigenvalue weighted by Gasteiger charge is -2.22. The van der Waals surface area contributed by atoms with Crippen LogP contribution in [0.1, 0.15) is 28.8 Å². The molecular weight excluding hydrogens is 493 g/mol. The smallest absolute Gasteiger partial charge is 0.131 e. The fraction of sp³-hybridized carbons (Fsp3) is 0.0952. The van der Waals surface area contributed by atoms with Crippen molar-refractivity contribution in [1.29, 1.82) is 0 Å². The van der Waals surface area contributed by atoms with Crippen LogP contribution in [0.25, 0.3) is 0 Å². The van der Waals surface area contributed by atoms with Gasteiger partial charge in [-0.05, 0) is 53.6 Å². The third-order valence-electron chi connectivity index (χ3n) is 4.64. The summed E-state index contributed by atoms with van der Waals surface area (Å²) in [6.45, 7) is 0. The van der Waals surface area contributed by atoms with E-state index in [9.17, 15) is 0 Å². The molecule has 8 heteroatoms. The average molecular weight is 505 g/mol. The Labute approximate surface area is 198 Å². The predicted molar refractivity (Wildman–Crippen MR) is 125 cm³/mol. The first-order valence-corrected chi connectivity index (χ1v) is 10.8. The number of hydrogen-bond acceptors (Lipinski definition) is 2. The predicted octanol–water partition coefficient (Wildman–Crippen LogP) is 8.44. The topological polar surface area (TPSA) is 24.4 Å². The molecule has 3 aromatic rings. The molecule has 0 amide bonds. The molecule has 2 nitrogen and oxygen atoms in total. The molecule has 1 heterocycles. The summed E-state index contributed by atoms with van der Waals surface area (Å²) in [5.74, 6) is 0.624. The van der Waals surface area contributed by atoms with Crippen LogP contribution in [0.5, 0.6) is 0 Å². The fourth-order valence-electron chi connectivity index (χ4n) is 3.30. The lowest BCUT2D eigenvalue weighted by Crippen LogP contribution is -2.25. The molecule has 4 rings (SSSR count). The van der Waals surface area contributed by atoms with Gasteiger partial charge in [0.25, 0.3) is 0 Å². The van der Waals surface area contributed by atoms with Gasteiger partial charge in [-0.1, -0.05) is 81.7 Å². The first-order valence-electron chi connectivity index (χ1n) is 8.53. The molecule has 3 aromatic carbocycles. The number of nitrogens with zero attached hydrogens (tertiary/aromatic N) is 1. The Bertz CT molecular complexity index is 1130. The Morgan fingerprint density at radius 3 is 1.69 bits per heavy atom. The van der Waals surface area contributed by atoms with Crippen LogP contribution >= 0.6 is 69.6 Å². The van der Waals surface area contributed by atoms with E-state index in [1.807, 2.05) is 18.2 Å². The van der Waals surface area contributed by atoms with E-state index in [0.29, 0.717) is 36.0 Å². The Balaban J connectivity index is 1.84. The minimum Gasteiger partial charge on any atom is -0.360 e. The molecule has 1 aliphatic rings. The molecule has 1 aliphatic heterocycles. The zero-order chi connectivity index (χ0) is 20.7. The van der Waals surface area contributed by atoms with Crippen LogP contribution in [0.2, 0.25) is 30.1 Å². The molecular formula is C21H12Cl6N2. The second-order valence-corrected chi connectivity index (χ2v) is 9.03. The maximum Gasteiger partial charge on any atom is 0.131 e. The summed E-state index contributed by atoms with van der Waals surface area (Å²) in [6, 6.07) is 15.4. The molecule has 2 atom stereocenters. The Morgan fingerprint density at radius 2 is 1.14 bits per heavy atom. The lowest BCUT2D eigenvalue weighted by molar-refractivity contribution is 0.573. The maximum atomic E-state index is 6.50. The van der Waals surface area contributed by atoms with Crippen molar-refractivity contribution in [2.24, 2.45) is 4.99 Å². The van der Waals surface area contributed by atoms with E-state index in [1.165, 1.54) is 0 Å². The van der Waals surface area contributed by atoms with Crippen molar-refractivity contribution >= 4 is 75.4 Å². The summed E-state index contributed by atoms with van der Waals surface area (Å²) < 4.78 is 0. The zero-order valence-corrected chi connectivity index (χ0v) is 19.1. The molecule has 1 N–H and O–H groups in total. The second-order valence-electron chi connectivity index (χ2n) is 6.50. The van der Waals surface area contributed by atoms with Crippen molar-refractivity contribution in [3.8, 4) is 0 Å². The summed E-state index contributed by atoms with van der Waals surface area (Å²) in [5, 5.41) is 6.64. The molecule has 0 spiro atoms. The molecule has 0 saturated heterocycles. The minimum absolute atomic E-state index is 0.278. The Hall–Kier alpha value is -1.13. The molecule has 0 saturated carbocycles. The van der Waals surface area contributed by atoms with Gasteiger partial charge in [-0.25, -0.2) is 0 Å². The van der Waals surface area contributed by atoms with Gasteiger partial charge < -0.3 is 5.32 Å². The normalized spacial score (nSPS) is 18.5. The van der Waals surface area contributed by atoms with Crippen molar-refractivity contribution in [2.75, 3.05) is 0 Å². The van der Waals surface area contributed by atoms with E-state index in [2.05, 4.69) is 5.32 Å². The summed E-state index contributed by atoms with van der Waals surface area (Å²) in [6.07, 6.45) is 0. The summed E-state index contributed by atoms with van der Waals surface area (Å²) in [5.41, 5.74) is 2.40. The molecule has 0 bridgehead atoms. The van der Waals surface area contributed by atoms with Gasteiger partial charge in [-0.3, -0.25) is 4.99 Å². The number of hydrogen-bond donors (Lipinski definition) is 1. The minimum atomic E-state index is -0.347. The van der Waals surface area contributed by atoms with Crippen molar-refractivity contribution in [2.45, 2.75) is 12.1 Å². The van der Waals surface area contributed by atoms with Crippen molar-refractivity contribution in [3.63, 3.8) is 0 Å². The van der Waals surface area contributed by atoms with Gasteiger partial charge in [-0.15, -0.1) is 0 Å². The lowest BCUT2D eigenvalue weighted by atomic mass is 9.94. The SMILES string of the molecule is Clc1ccc(C2=N[C@@H](c3ccc(Cl)cc3Cl)[C@@H](c3ccc(Cl)cc3Cl)N2)c(Cl)c1. The third kappa shape index (κ3) is 4.34. The largest absolute Gasteiger partial charge is 0.360 e. The zero-order valence-electron chi connectivity index (χ0n) is 14.6. The van der Waals surface area contributed by atoms with Crippen LogP contribution in [0.3, 0.4) is 0 Å². The molecule has 0 radical (unpaired) electrons. The summed E-state index contributed by atoms with van der Waals surface area (Å²) in [7, 11) is 0. The molecule has 0 unspecified atom stereocenters.